The molecule has 1 N–H and O–H groups in total. The smallest absolute Gasteiger partial charge is 0.233 e. The number of hydrogen-bond acceptors (Lipinski definition) is 4. The highest BCUT2D eigenvalue weighted by Gasteiger charge is 2.25. The van der Waals surface area contributed by atoms with Crippen LogP contribution in [0.1, 0.15) is 20.3 Å². The van der Waals surface area contributed by atoms with Crippen molar-refractivity contribution in [2.24, 2.45) is 11.8 Å². The Kier molecular flexibility index (Phi) is 5.00. The van der Waals surface area contributed by atoms with Gasteiger partial charge in [0, 0.05) is 18.7 Å². The molecule has 0 spiro atoms. The Hall–Kier alpha value is -1.82. The molecular weight excluding hydrogens is 308 g/mol. The largest absolute Gasteiger partial charge is 0.341 e. The molecule has 1 aliphatic heterocycles. The lowest BCUT2D eigenvalue weighted by molar-refractivity contribution is -0.130. The van der Waals surface area contributed by atoms with Crippen molar-refractivity contribution in [1.29, 1.82) is 0 Å². The maximum atomic E-state index is 12.4. The Morgan fingerprint density at radius 1 is 1.26 bits per heavy atom. The fraction of sp³-hybridized carbons (Fsp3) is 0.471. The van der Waals surface area contributed by atoms with Crippen LogP contribution in [0.15, 0.2) is 35.5 Å². The minimum Gasteiger partial charge on any atom is -0.341 e. The monoisotopic (exact) mass is 330 g/mol. The maximum Gasteiger partial charge on any atom is 0.233 e. The zero-order valence-electron chi connectivity index (χ0n) is 13.5. The zero-order chi connectivity index (χ0) is 16.2. The van der Waals surface area contributed by atoms with Crippen LogP contribution in [0.4, 0.5) is 0 Å². The summed E-state index contributed by atoms with van der Waals surface area (Å²) in [5.41, 5.74) is 0.997. The van der Waals surface area contributed by atoms with Crippen LogP contribution in [-0.4, -0.2) is 44.8 Å². The van der Waals surface area contributed by atoms with Crippen LogP contribution in [0.5, 0.6) is 0 Å². The minimum absolute atomic E-state index is 0.180. The Bertz CT molecular complexity index is 648. The summed E-state index contributed by atoms with van der Waals surface area (Å²) in [4.78, 5) is 18.8. The van der Waals surface area contributed by atoms with E-state index in [-0.39, 0.29) is 5.91 Å². The van der Waals surface area contributed by atoms with Crippen molar-refractivity contribution >= 4 is 17.7 Å². The number of benzene rings is 1. The number of piperidine rings is 1. The molecule has 0 aliphatic carbocycles. The van der Waals surface area contributed by atoms with Gasteiger partial charge in [-0.05, 0) is 18.3 Å². The molecule has 1 aliphatic rings. The summed E-state index contributed by atoms with van der Waals surface area (Å²) in [6.07, 6.45) is 1.21. The highest BCUT2D eigenvalue weighted by atomic mass is 32.2. The van der Waals surface area contributed by atoms with E-state index >= 15 is 0 Å². The van der Waals surface area contributed by atoms with Crippen molar-refractivity contribution in [3.63, 3.8) is 0 Å². The Balaban J connectivity index is 1.56. The number of aromatic amines is 1. The van der Waals surface area contributed by atoms with Crippen molar-refractivity contribution in [2.75, 3.05) is 18.8 Å². The van der Waals surface area contributed by atoms with Crippen molar-refractivity contribution in [2.45, 2.75) is 25.4 Å². The van der Waals surface area contributed by atoms with E-state index in [2.05, 4.69) is 29.0 Å². The summed E-state index contributed by atoms with van der Waals surface area (Å²) in [5, 5.41) is 7.75. The van der Waals surface area contributed by atoms with Crippen LogP contribution in [0, 0.1) is 11.8 Å². The molecule has 1 aromatic heterocycles. The molecular formula is C17H22N4OS. The number of carbonyl (C=O) groups is 1. The van der Waals surface area contributed by atoms with Gasteiger partial charge in [0.1, 0.15) is 0 Å². The van der Waals surface area contributed by atoms with Gasteiger partial charge >= 0.3 is 0 Å². The zero-order valence-corrected chi connectivity index (χ0v) is 14.3. The standard InChI is InChI=1S/C17H22N4OS/c1-12-8-13(2)10-21(9-12)15(22)11-23-17-18-16(19-20-17)14-6-4-3-5-7-14/h3-7,12-13H,8-11H2,1-2H3,(H,18,19,20)/t12-,13-/m0/s1. The van der Waals surface area contributed by atoms with E-state index in [1.54, 1.807) is 0 Å². The average molecular weight is 330 g/mol. The molecule has 0 radical (unpaired) electrons. The molecule has 0 saturated carbocycles. The number of amides is 1. The first-order chi connectivity index (χ1) is 11.1. The topological polar surface area (TPSA) is 61.9 Å². The van der Waals surface area contributed by atoms with Gasteiger partial charge in [0.15, 0.2) is 5.82 Å². The van der Waals surface area contributed by atoms with E-state index in [0.29, 0.717) is 22.7 Å². The lowest BCUT2D eigenvalue weighted by Gasteiger charge is -2.34. The predicted molar refractivity (Wildman–Crippen MR) is 92.1 cm³/mol. The second-order valence-corrected chi connectivity index (χ2v) is 7.31. The van der Waals surface area contributed by atoms with Crippen LogP contribution in [0.25, 0.3) is 11.4 Å². The van der Waals surface area contributed by atoms with Crippen molar-refractivity contribution in [1.82, 2.24) is 20.1 Å². The summed E-state index contributed by atoms with van der Waals surface area (Å²) in [6.45, 7) is 6.16. The van der Waals surface area contributed by atoms with Gasteiger partial charge in [-0.2, -0.15) is 0 Å². The molecule has 1 fully saturated rings. The second kappa shape index (κ2) is 7.17. The molecule has 0 bridgehead atoms. The summed E-state index contributed by atoms with van der Waals surface area (Å²) >= 11 is 1.40. The third kappa shape index (κ3) is 4.13. The molecule has 1 amide bonds. The molecule has 2 heterocycles. The maximum absolute atomic E-state index is 12.4. The number of hydrogen-bond donors (Lipinski definition) is 1. The number of likely N-dealkylation sites (tertiary alicyclic amines) is 1. The van der Waals surface area contributed by atoms with Gasteiger partial charge in [0.2, 0.25) is 11.1 Å². The molecule has 122 valence electrons. The predicted octanol–water partition coefficient (Wildman–Crippen LogP) is 3.07. The summed E-state index contributed by atoms with van der Waals surface area (Å²) in [7, 11) is 0. The van der Waals surface area contributed by atoms with Crippen LogP contribution >= 0.6 is 11.8 Å². The van der Waals surface area contributed by atoms with E-state index in [1.165, 1.54) is 18.2 Å². The average Bonchev–Trinajstić information content (AvgIpc) is 3.01. The summed E-state index contributed by atoms with van der Waals surface area (Å²) in [6, 6.07) is 9.86. The van der Waals surface area contributed by atoms with Crippen molar-refractivity contribution < 1.29 is 4.79 Å². The number of thioether (sulfide) groups is 1. The molecule has 5 nitrogen and oxygen atoms in total. The van der Waals surface area contributed by atoms with Gasteiger partial charge in [0.25, 0.3) is 0 Å². The van der Waals surface area contributed by atoms with Gasteiger partial charge in [-0.3, -0.25) is 9.89 Å². The van der Waals surface area contributed by atoms with Gasteiger partial charge < -0.3 is 4.90 Å². The fourth-order valence-corrected chi connectivity index (χ4v) is 3.82. The first-order valence-corrected chi connectivity index (χ1v) is 8.98. The molecule has 1 aromatic carbocycles. The molecule has 2 atom stereocenters. The first kappa shape index (κ1) is 16.1. The Labute approximate surface area is 140 Å². The van der Waals surface area contributed by atoms with Crippen LogP contribution in [0.2, 0.25) is 0 Å². The first-order valence-electron chi connectivity index (χ1n) is 8.00. The molecule has 2 aromatic rings. The summed E-state index contributed by atoms with van der Waals surface area (Å²) in [5.74, 6) is 2.48. The number of nitrogens with zero attached hydrogens (tertiary/aromatic N) is 3. The van der Waals surface area contributed by atoms with E-state index in [1.807, 2.05) is 35.2 Å². The molecule has 3 rings (SSSR count). The van der Waals surface area contributed by atoms with E-state index in [9.17, 15) is 4.79 Å². The highest BCUT2D eigenvalue weighted by Crippen LogP contribution is 2.23. The second-order valence-electron chi connectivity index (χ2n) is 6.37. The van der Waals surface area contributed by atoms with Crippen molar-refractivity contribution in [3.8, 4) is 11.4 Å². The molecule has 0 unspecified atom stereocenters. The van der Waals surface area contributed by atoms with Crippen LogP contribution < -0.4 is 0 Å². The highest BCUT2D eigenvalue weighted by molar-refractivity contribution is 7.99. The molecule has 6 heteroatoms. The van der Waals surface area contributed by atoms with Gasteiger partial charge in [-0.25, -0.2) is 4.98 Å². The number of aromatic nitrogens is 3. The fourth-order valence-electron chi connectivity index (χ4n) is 3.12. The van der Waals surface area contributed by atoms with Crippen molar-refractivity contribution in [3.05, 3.63) is 30.3 Å². The molecule has 1 saturated heterocycles. The number of rotatable bonds is 4. The number of carbonyl (C=O) groups excluding carboxylic acids is 1. The van der Waals surface area contributed by atoms with Gasteiger partial charge in [0.05, 0.1) is 5.75 Å². The number of H-pyrrole nitrogens is 1. The third-order valence-electron chi connectivity index (χ3n) is 4.06. The number of nitrogens with one attached hydrogen (secondary N) is 1. The molecule has 23 heavy (non-hydrogen) atoms. The quantitative estimate of drug-likeness (QED) is 0.875. The van der Waals surface area contributed by atoms with Crippen LogP contribution in [0.3, 0.4) is 0 Å². The lowest BCUT2D eigenvalue weighted by atomic mass is 9.92. The third-order valence-corrected chi connectivity index (χ3v) is 4.89. The Morgan fingerprint density at radius 2 is 1.96 bits per heavy atom. The SMILES string of the molecule is C[C@H]1C[C@H](C)CN(C(=O)CSc2n[nH]c(-c3ccccc3)n2)C1. The van der Waals surface area contributed by atoms with Gasteiger partial charge in [-0.1, -0.05) is 55.9 Å². The summed E-state index contributed by atoms with van der Waals surface area (Å²) < 4.78 is 0. The van der Waals surface area contributed by atoms with Gasteiger partial charge in [-0.15, -0.1) is 5.10 Å². The van der Waals surface area contributed by atoms with E-state index < -0.39 is 0 Å². The Morgan fingerprint density at radius 3 is 2.65 bits per heavy atom. The van der Waals surface area contributed by atoms with E-state index in [4.69, 9.17) is 0 Å². The minimum atomic E-state index is 0.180. The van der Waals surface area contributed by atoms with Crippen LogP contribution in [-0.2, 0) is 4.79 Å². The van der Waals surface area contributed by atoms with E-state index in [0.717, 1.165) is 24.5 Å². The lowest BCUT2D eigenvalue weighted by Crippen LogP contribution is -2.43. The normalized spacial score (nSPS) is 21.4.